The van der Waals surface area contributed by atoms with Crippen molar-refractivity contribution in [1.82, 2.24) is 14.8 Å². The molecule has 0 radical (unpaired) electrons. The first-order valence-electron chi connectivity index (χ1n) is 4.41. The first-order chi connectivity index (χ1) is 7.96. The van der Waals surface area contributed by atoms with Gasteiger partial charge in [-0.25, -0.2) is 14.8 Å². The highest BCUT2D eigenvalue weighted by atomic mass is 35.5. The molecule has 90 valence electrons. The zero-order valence-electron chi connectivity index (χ0n) is 8.41. The Morgan fingerprint density at radius 1 is 1.41 bits per heavy atom. The molecule has 0 fully saturated rings. The Hall–Kier alpha value is -1.64. The monoisotopic (exact) mass is 273 g/mol. The lowest BCUT2D eigenvalue weighted by atomic mass is 10.3. The second-order valence-electron chi connectivity index (χ2n) is 3.15. The maximum atomic E-state index is 11.0. The number of benzene rings is 1. The van der Waals surface area contributed by atoms with Crippen LogP contribution in [0.1, 0.15) is 0 Å². The van der Waals surface area contributed by atoms with Gasteiger partial charge in [-0.2, -0.15) is 13.5 Å². The maximum Gasteiger partial charge on any atom is 0.296 e. The van der Waals surface area contributed by atoms with Crippen LogP contribution in [0.25, 0.3) is 5.69 Å². The number of nitrogens with zero attached hydrogens (tertiary/aromatic N) is 3. The summed E-state index contributed by atoms with van der Waals surface area (Å²) < 4.78 is 25.6. The number of hydrogen-bond donors (Lipinski definition) is 2. The van der Waals surface area contributed by atoms with Crippen molar-refractivity contribution in [2.24, 2.45) is 5.14 Å². The van der Waals surface area contributed by atoms with E-state index in [1.807, 2.05) is 0 Å². The predicted molar refractivity (Wildman–Crippen MR) is 63.1 cm³/mol. The van der Waals surface area contributed by atoms with E-state index in [9.17, 15) is 8.42 Å². The zero-order valence-corrected chi connectivity index (χ0v) is 9.98. The van der Waals surface area contributed by atoms with Gasteiger partial charge in [0.1, 0.15) is 12.7 Å². The van der Waals surface area contributed by atoms with Crippen molar-refractivity contribution < 1.29 is 8.42 Å². The van der Waals surface area contributed by atoms with Crippen molar-refractivity contribution in [3.05, 3.63) is 35.9 Å². The number of rotatable bonds is 3. The second-order valence-corrected chi connectivity index (χ2v) is 4.88. The SMILES string of the molecule is NS(=O)(=O)Nc1cc(Cl)ccc1-n1cncn1. The lowest BCUT2D eigenvalue weighted by molar-refractivity contribution is 0.603. The zero-order chi connectivity index (χ0) is 12.5. The normalized spacial score (nSPS) is 11.4. The summed E-state index contributed by atoms with van der Waals surface area (Å²) in [6, 6.07) is 4.64. The fourth-order valence-electron chi connectivity index (χ4n) is 1.28. The van der Waals surface area contributed by atoms with E-state index in [1.165, 1.54) is 23.4 Å². The minimum atomic E-state index is -3.88. The van der Waals surface area contributed by atoms with E-state index in [-0.39, 0.29) is 5.69 Å². The summed E-state index contributed by atoms with van der Waals surface area (Å²) in [5.41, 5.74) is 0.700. The van der Waals surface area contributed by atoms with Crippen LogP contribution in [-0.4, -0.2) is 23.2 Å². The van der Waals surface area contributed by atoms with E-state index >= 15 is 0 Å². The summed E-state index contributed by atoms with van der Waals surface area (Å²) in [4.78, 5) is 3.77. The number of nitrogens with two attached hydrogens (primary N) is 1. The van der Waals surface area contributed by atoms with Crippen LogP contribution in [0.5, 0.6) is 0 Å². The Kier molecular flexibility index (Phi) is 3.01. The van der Waals surface area contributed by atoms with Crippen LogP contribution >= 0.6 is 11.6 Å². The van der Waals surface area contributed by atoms with Gasteiger partial charge in [0.2, 0.25) is 0 Å². The molecule has 0 amide bonds. The lowest BCUT2D eigenvalue weighted by Gasteiger charge is -2.10. The van der Waals surface area contributed by atoms with Gasteiger partial charge >= 0.3 is 0 Å². The summed E-state index contributed by atoms with van der Waals surface area (Å²) in [6.07, 6.45) is 2.76. The minimum Gasteiger partial charge on any atom is -0.269 e. The topological polar surface area (TPSA) is 103 Å². The first kappa shape index (κ1) is 11.8. The molecule has 0 unspecified atom stereocenters. The molecule has 9 heteroatoms. The smallest absolute Gasteiger partial charge is 0.269 e. The van der Waals surface area contributed by atoms with Crippen LogP contribution in [-0.2, 0) is 10.2 Å². The Labute approximate surface area is 102 Å². The van der Waals surface area contributed by atoms with E-state index in [0.717, 1.165) is 0 Å². The molecule has 1 heterocycles. The summed E-state index contributed by atoms with van der Waals surface area (Å²) in [5.74, 6) is 0. The maximum absolute atomic E-state index is 11.0. The molecule has 1 aromatic carbocycles. The van der Waals surface area contributed by atoms with E-state index in [2.05, 4.69) is 14.8 Å². The van der Waals surface area contributed by atoms with Gasteiger partial charge in [-0.15, -0.1) is 0 Å². The Bertz CT molecular complexity index is 625. The molecule has 2 rings (SSSR count). The lowest BCUT2D eigenvalue weighted by Crippen LogP contribution is -2.22. The van der Waals surface area contributed by atoms with Crippen molar-refractivity contribution in [3.63, 3.8) is 0 Å². The van der Waals surface area contributed by atoms with Gasteiger partial charge in [-0.3, -0.25) is 4.72 Å². The molecule has 17 heavy (non-hydrogen) atoms. The second kappa shape index (κ2) is 4.32. The molecule has 0 atom stereocenters. The molecule has 7 nitrogen and oxygen atoms in total. The fraction of sp³-hybridized carbons (Fsp3) is 0. The van der Waals surface area contributed by atoms with E-state index in [4.69, 9.17) is 16.7 Å². The summed E-state index contributed by atoms with van der Waals surface area (Å²) in [5, 5.41) is 9.18. The molecule has 2 aromatic rings. The predicted octanol–water partition coefficient (Wildman–Crippen LogP) is 0.536. The standard InChI is InChI=1S/C8H8ClN5O2S/c9-6-1-2-8(14-5-11-4-12-14)7(3-6)13-17(10,15)16/h1-5,13H,(H2,10,15,16). The fourth-order valence-corrected chi connectivity index (χ4v) is 1.92. The van der Waals surface area contributed by atoms with Gasteiger partial charge < -0.3 is 0 Å². The quantitative estimate of drug-likeness (QED) is 0.851. The molecule has 0 saturated heterocycles. The number of hydrogen-bond acceptors (Lipinski definition) is 4. The third kappa shape index (κ3) is 2.93. The number of anilines is 1. The van der Waals surface area contributed by atoms with Crippen LogP contribution in [0.3, 0.4) is 0 Å². The van der Waals surface area contributed by atoms with Crippen molar-refractivity contribution in [2.45, 2.75) is 0 Å². The molecule has 0 aliphatic carbocycles. The highest BCUT2D eigenvalue weighted by molar-refractivity contribution is 7.90. The van der Waals surface area contributed by atoms with Crippen molar-refractivity contribution in [3.8, 4) is 5.69 Å². The molecule has 3 N–H and O–H groups in total. The van der Waals surface area contributed by atoms with E-state index in [0.29, 0.717) is 10.7 Å². The van der Waals surface area contributed by atoms with Crippen molar-refractivity contribution in [2.75, 3.05) is 4.72 Å². The molecule has 0 spiro atoms. The van der Waals surface area contributed by atoms with Gasteiger partial charge in [0.25, 0.3) is 10.2 Å². The highest BCUT2D eigenvalue weighted by Gasteiger charge is 2.10. The number of halogens is 1. The van der Waals surface area contributed by atoms with E-state index in [1.54, 1.807) is 12.1 Å². The molecule has 0 saturated carbocycles. The number of aromatic nitrogens is 3. The van der Waals surface area contributed by atoms with Gasteiger partial charge in [-0.05, 0) is 18.2 Å². The van der Waals surface area contributed by atoms with E-state index < -0.39 is 10.2 Å². The highest BCUT2D eigenvalue weighted by Crippen LogP contribution is 2.24. The largest absolute Gasteiger partial charge is 0.296 e. The van der Waals surface area contributed by atoms with Crippen LogP contribution in [0.2, 0.25) is 5.02 Å². The average Bonchev–Trinajstić information content (AvgIpc) is 2.68. The molecule has 0 aliphatic rings. The Balaban J connectivity index is 2.52. The van der Waals surface area contributed by atoms with Crippen LogP contribution in [0.4, 0.5) is 5.69 Å². The third-order valence-electron chi connectivity index (χ3n) is 1.88. The molecular formula is C8H8ClN5O2S. The van der Waals surface area contributed by atoms with Crippen LogP contribution < -0.4 is 9.86 Å². The summed E-state index contributed by atoms with van der Waals surface area (Å²) in [6.45, 7) is 0. The van der Waals surface area contributed by atoms with Gasteiger partial charge in [-0.1, -0.05) is 11.6 Å². The Morgan fingerprint density at radius 3 is 2.76 bits per heavy atom. The van der Waals surface area contributed by atoms with Crippen molar-refractivity contribution in [1.29, 1.82) is 0 Å². The molecular weight excluding hydrogens is 266 g/mol. The minimum absolute atomic E-state index is 0.227. The van der Waals surface area contributed by atoms with Crippen molar-refractivity contribution >= 4 is 27.5 Å². The van der Waals surface area contributed by atoms with Gasteiger partial charge in [0.05, 0.1) is 11.4 Å². The van der Waals surface area contributed by atoms with Gasteiger partial charge in [0, 0.05) is 5.02 Å². The first-order valence-corrected chi connectivity index (χ1v) is 6.33. The third-order valence-corrected chi connectivity index (χ3v) is 2.62. The van der Waals surface area contributed by atoms with Crippen LogP contribution in [0, 0.1) is 0 Å². The Morgan fingerprint density at radius 2 is 2.18 bits per heavy atom. The summed E-state index contributed by atoms with van der Waals surface area (Å²) >= 11 is 5.79. The molecule has 0 aliphatic heterocycles. The summed E-state index contributed by atoms with van der Waals surface area (Å²) in [7, 11) is -3.88. The van der Waals surface area contributed by atoms with Crippen LogP contribution in [0.15, 0.2) is 30.9 Å². The van der Waals surface area contributed by atoms with Gasteiger partial charge in [0.15, 0.2) is 0 Å². The molecule has 0 bridgehead atoms. The average molecular weight is 274 g/mol. The number of nitrogens with one attached hydrogen (secondary N) is 1. The molecule has 1 aromatic heterocycles.